The Bertz CT molecular complexity index is 2050. The number of fused-ring (bicyclic) bond motifs is 1. The predicted octanol–water partition coefficient (Wildman–Crippen LogP) is 6.62. The van der Waals surface area contributed by atoms with Crippen LogP contribution < -0.4 is 15.9 Å². The van der Waals surface area contributed by atoms with Gasteiger partial charge in [-0.05, 0) is 54.0 Å². The summed E-state index contributed by atoms with van der Waals surface area (Å²) in [7, 11) is 0. The summed E-state index contributed by atoms with van der Waals surface area (Å²) in [6.45, 7) is 10.5. The Labute approximate surface area is 242 Å². The van der Waals surface area contributed by atoms with Crippen molar-refractivity contribution in [3.63, 3.8) is 0 Å². The van der Waals surface area contributed by atoms with E-state index in [0.717, 1.165) is 55.2 Å². The van der Waals surface area contributed by atoms with Crippen molar-refractivity contribution >= 4 is 34.4 Å². The Morgan fingerprint density at radius 2 is 1.81 bits per heavy atom. The Morgan fingerprint density at radius 3 is 2.62 bits per heavy atom. The number of hydrogen-bond acceptors (Lipinski definition) is 4. The molecule has 206 valence electrons. The molecule has 0 atom stereocenters. The third-order valence-electron chi connectivity index (χ3n) is 7.00. The van der Waals surface area contributed by atoms with Gasteiger partial charge in [0.05, 0.1) is 28.3 Å². The number of anilines is 1. The van der Waals surface area contributed by atoms with Crippen molar-refractivity contribution < 1.29 is 4.39 Å². The van der Waals surface area contributed by atoms with E-state index in [4.69, 9.17) is 4.98 Å². The molecule has 0 saturated heterocycles. The summed E-state index contributed by atoms with van der Waals surface area (Å²) < 4.78 is 14.0. The van der Waals surface area contributed by atoms with E-state index >= 15 is 0 Å². The molecule has 3 aromatic heterocycles. The zero-order valence-corrected chi connectivity index (χ0v) is 23.2. The van der Waals surface area contributed by atoms with E-state index in [1.54, 1.807) is 18.5 Å². The van der Waals surface area contributed by atoms with E-state index in [1.165, 1.54) is 17.7 Å². The number of nitrogens with one attached hydrogen (secondary N) is 3. The first-order chi connectivity index (χ1) is 20.5. The SMILES string of the molecule is C=C(Cc1ccccc1)Nc1cncc(C(=C)/C=c2/c(-c3nc4c(-c5cccc(F)c5)cccc4[nH]3)n[nH]/c2=C/C)c1. The highest BCUT2D eigenvalue weighted by Crippen LogP contribution is 2.29. The van der Waals surface area contributed by atoms with Crippen LogP contribution in [0.4, 0.5) is 10.1 Å². The monoisotopic (exact) mass is 552 g/mol. The molecule has 0 aliphatic rings. The minimum absolute atomic E-state index is 0.291. The lowest BCUT2D eigenvalue weighted by Crippen LogP contribution is -2.23. The van der Waals surface area contributed by atoms with Crippen molar-refractivity contribution in [3.8, 4) is 22.6 Å². The molecular formula is C35H29FN6. The summed E-state index contributed by atoms with van der Waals surface area (Å²) in [4.78, 5) is 12.7. The van der Waals surface area contributed by atoms with Crippen molar-refractivity contribution in [2.45, 2.75) is 13.3 Å². The van der Waals surface area contributed by atoms with Crippen LogP contribution in [-0.4, -0.2) is 25.1 Å². The van der Waals surface area contributed by atoms with E-state index in [0.29, 0.717) is 17.9 Å². The van der Waals surface area contributed by atoms with Crippen molar-refractivity contribution in [1.29, 1.82) is 0 Å². The van der Waals surface area contributed by atoms with Gasteiger partial charge in [-0.15, -0.1) is 0 Å². The Kier molecular flexibility index (Phi) is 7.30. The molecule has 3 N–H and O–H groups in total. The fourth-order valence-electron chi connectivity index (χ4n) is 4.98. The number of benzene rings is 3. The van der Waals surface area contributed by atoms with E-state index in [2.05, 4.69) is 50.8 Å². The lowest BCUT2D eigenvalue weighted by Gasteiger charge is -2.11. The summed E-state index contributed by atoms with van der Waals surface area (Å²) in [5.74, 6) is 0.309. The molecule has 0 unspecified atom stereocenters. The largest absolute Gasteiger partial charge is 0.358 e. The van der Waals surface area contributed by atoms with Crippen LogP contribution in [0.3, 0.4) is 0 Å². The second kappa shape index (κ2) is 11.5. The number of hydrogen-bond donors (Lipinski definition) is 3. The number of aromatic nitrogens is 5. The van der Waals surface area contributed by atoms with Gasteiger partial charge in [0.25, 0.3) is 0 Å². The first kappa shape index (κ1) is 26.7. The van der Waals surface area contributed by atoms with Gasteiger partial charge in [0.15, 0.2) is 5.82 Å². The molecule has 0 aliphatic heterocycles. The van der Waals surface area contributed by atoms with Gasteiger partial charge in [0, 0.05) is 34.7 Å². The summed E-state index contributed by atoms with van der Waals surface area (Å²) >= 11 is 0. The molecule has 42 heavy (non-hydrogen) atoms. The lowest BCUT2D eigenvalue weighted by molar-refractivity contribution is 0.628. The van der Waals surface area contributed by atoms with E-state index in [9.17, 15) is 4.39 Å². The standard InChI is InChI=1S/C35H29FN6/c1-4-31-30(16-22(2)26-19-28(21-37-20-26)38-23(3)17-24-10-6-5-7-11-24)34(42-41-31)35-39-32-15-9-14-29(33(32)40-35)25-12-8-13-27(36)18-25/h4-16,18-21,38,41H,2-3,17H2,1H3,(H,39,40)/b30-16+,31-4+. The van der Waals surface area contributed by atoms with Crippen LogP contribution >= 0.6 is 0 Å². The molecule has 7 heteroatoms. The molecule has 3 heterocycles. The number of para-hydroxylation sites is 1. The molecule has 6 aromatic rings. The highest BCUT2D eigenvalue weighted by molar-refractivity contribution is 5.94. The molecule has 6 rings (SSSR count). The molecule has 6 nitrogen and oxygen atoms in total. The maximum Gasteiger partial charge on any atom is 0.159 e. The number of allylic oxidation sites excluding steroid dienone is 2. The average molecular weight is 553 g/mol. The lowest BCUT2D eigenvalue weighted by atomic mass is 10.0. The smallest absolute Gasteiger partial charge is 0.159 e. The maximum absolute atomic E-state index is 14.0. The van der Waals surface area contributed by atoms with Crippen molar-refractivity contribution in [3.05, 3.63) is 138 Å². The first-order valence-electron chi connectivity index (χ1n) is 13.6. The Morgan fingerprint density at radius 1 is 0.976 bits per heavy atom. The number of aromatic amines is 2. The maximum atomic E-state index is 14.0. The summed E-state index contributed by atoms with van der Waals surface area (Å²) in [6, 6.07) is 24.5. The number of imidazole rings is 1. The van der Waals surface area contributed by atoms with Crippen molar-refractivity contribution in [1.82, 2.24) is 25.1 Å². The highest BCUT2D eigenvalue weighted by atomic mass is 19.1. The molecule has 0 bridgehead atoms. The van der Waals surface area contributed by atoms with Gasteiger partial charge < -0.3 is 10.3 Å². The van der Waals surface area contributed by atoms with Crippen LogP contribution in [0, 0.1) is 5.82 Å². The van der Waals surface area contributed by atoms with Crippen LogP contribution in [0.15, 0.2) is 110 Å². The quantitative estimate of drug-likeness (QED) is 0.198. The van der Waals surface area contributed by atoms with Crippen LogP contribution in [0.5, 0.6) is 0 Å². The minimum atomic E-state index is -0.291. The van der Waals surface area contributed by atoms with Crippen LogP contribution in [0.25, 0.3) is 51.4 Å². The summed E-state index contributed by atoms with van der Waals surface area (Å²) in [5, 5.41) is 12.8. The molecule has 3 aromatic carbocycles. The number of pyridine rings is 1. The van der Waals surface area contributed by atoms with Crippen LogP contribution in [-0.2, 0) is 6.42 Å². The number of halogens is 1. The topological polar surface area (TPSA) is 82.3 Å². The average Bonchev–Trinajstić information content (AvgIpc) is 3.61. The van der Waals surface area contributed by atoms with Gasteiger partial charge in [-0.1, -0.05) is 73.8 Å². The number of nitrogens with zero attached hydrogens (tertiary/aromatic N) is 3. The van der Waals surface area contributed by atoms with Gasteiger partial charge in [-0.3, -0.25) is 10.1 Å². The fourth-order valence-corrected chi connectivity index (χ4v) is 4.98. The van der Waals surface area contributed by atoms with Crippen molar-refractivity contribution in [2.75, 3.05) is 5.32 Å². The third kappa shape index (κ3) is 5.53. The second-order valence-electron chi connectivity index (χ2n) is 10.0. The molecular weight excluding hydrogens is 523 g/mol. The molecule has 0 saturated carbocycles. The number of H-pyrrole nitrogens is 2. The first-order valence-corrected chi connectivity index (χ1v) is 13.6. The molecule has 0 spiro atoms. The summed E-state index contributed by atoms with van der Waals surface area (Å²) in [6.07, 6.45) is 8.21. The van der Waals surface area contributed by atoms with Crippen molar-refractivity contribution in [2.24, 2.45) is 0 Å². The fraction of sp³-hybridized carbons (Fsp3) is 0.0571. The van der Waals surface area contributed by atoms with Gasteiger partial charge in [-0.2, -0.15) is 5.10 Å². The predicted molar refractivity (Wildman–Crippen MR) is 169 cm³/mol. The zero-order chi connectivity index (χ0) is 29.1. The Balaban J connectivity index is 1.33. The van der Waals surface area contributed by atoms with Crippen LogP contribution in [0.2, 0.25) is 0 Å². The van der Waals surface area contributed by atoms with Crippen LogP contribution in [0.1, 0.15) is 18.1 Å². The normalized spacial score (nSPS) is 12.1. The van der Waals surface area contributed by atoms with Gasteiger partial charge in [0.1, 0.15) is 11.5 Å². The highest BCUT2D eigenvalue weighted by Gasteiger charge is 2.14. The molecule has 0 amide bonds. The van der Waals surface area contributed by atoms with Gasteiger partial charge in [-0.25, -0.2) is 9.37 Å². The van der Waals surface area contributed by atoms with E-state index in [-0.39, 0.29) is 5.82 Å². The zero-order valence-electron chi connectivity index (χ0n) is 23.2. The molecule has 0 fully saturated rings. The Hall–Kier alpha value is -5.56. The van der Waals surface area contributed by atoms with Gasteiger partial charge in [0.2, 0.25) is 0 Å². The van der Waals surface area contributed by atoms with E-state index in [1.807, 2.05) is 67.6 Å². The van der Waals surface area contributed by atoms with E-state index < -0.39 is 0 Å². The molecule has 0 aliphatic carbocycles. The van der Waals surface area contributed by atoms with Gasteiger partial charge >= 0.3 is 0 Å². The molecule has 0 radical (unpaired) electrons. The number of rotatable bonds is 8. The minimum Gasteiger partial charge on any atom is -0.358 e. The third-order valence-corrected chi connectivity index (χ3v) is 7.00. The second-order valence-corrected chi connectivity index (χ2v) is 10.0. The summed E-state index contributed by atoms with van der Waals surface area (Å²) in [5.41, 5.74) is 8.35.